The first-order chi connectivity index (χ1) is 9.34. The molecule has 0 fully saturated rings. The first-order valence-corrected chi connectivity index (χ1v) is 6.57. The quantitative estimate of drug-likeness (QED) is 0.932. The molecule has 1 aromatic carbocycles. The lowest BCUT2D eigenvalue weighted by Gasteiger charge is -2.20. The molecule has 0 saturated carbocycles. The number of carboxylic acid groups (broad SMARTS) is 1. The van der Waals surface area contributed by atoms with Crippen LogP contribution in [0.2, 0.25) is 0 Å². The normalized spacial score (nSPS) is 12.0. The Morgan fingerprint density at radius 3 is 2.65 bits per heavy atom. The van der Waals surface area contributed by atoms with Crippen LogP contribution in [0.15, 0.2) is 18.2 Å². The van der Waals surface area contributed by atoms with E-state index in [1.54, 1.807) is 19.2 Å². The number of aromatic nitrogens is 2. The second kappa shape index (κ2) is 5.25. The van der Waals surface area contributed by atoms with Gasteiger partial charge in [-0.15, -0.1) is 0 Å². The van der Waals surface area contributed by atoms with E-state index in [4.69, 9.17) is 9.84 Å². The number of hydrogen-bond donors (Lipinski definition) is 1. The number of benzene rings is 1. The second-order valence-corrected chi connectivity index (χ2v) is 5.84. The maximum absolute atomic E-state index is 11.1. The lowest BCUT2D eigenvalue weighted by molar-refractivity contribution is 0.0697. The third-order valence-corrected chi connectivity index (χ3v) is 3.19. The van der Waals surface area contributed by atoms with Gasteiger partial charge >= 0.3 is 5.97 Å². The summed E-state index contributed by atoms with van der Waals surface area (Å²) in [6.07, 6.45) is 0. The number of fused-ring (bicyclic) bond motifs is 1. The number of aromatic carboxylic acids is 1. The summed E-state index contributed by atoms with van der Waals surface area (Å²) >= 11 is 0. The molecule has 0 amide bonds. The maximum atomic E-state index is 11.1. The van der Waals surface area contributed by atoms with E-state index in [0.29, 0.717) is 18.7 Å². The Bertz CT molecular complexity index is 638. The minimum atomic E-state index is -0.935. The van der Waals surface area contributed by atoms with Crippen molar-refractivity contribution in [3.8, 4) is 0 Å². The molecule has 1 N–H and O–H groups in total. The van der Waals surface area contributed by atoms with Crippen molar-refractivity contribution in [3.05, 3.63) is 29.6 Å². The van der Waals surface area contributed by atoms with Gasteiger partial charge in [-0.1, -0.05) is 20.8 Å². The molecule has 5 heteroatoms. The molecule has 0 spiro atoms. The number of nitrogens with zero attached hydrogens (tertiary/aromatic N) is 2. The number of hydrogen-bond acceptors (Lipinski definition) is 3. The number of imidazole rings is 1. The lowest BCUT2D eigenvalue weighted by Crippen LogP contribution is -2.20. The highest BCUT2D eigenvalue weighted by molar-refractivity contribution is 5.92. The SMILES string of the molecule is COCCn1c(C(C)(C)C)nc2cc(C(=O)O)ccc21. The zero-order valence-corrected chi connectivity index (χ0v) is 12.3. The van der Waals surface area contributed by atoms with Crippen LogP contribution in [0.1, 0.15) is 37.0 Å². The predicted molar refractivity (Wildman–Crippen MR) is 77.3 cm³/mol. The third-order valence-electron chi connectivity index (χ3n) is 3.19. The van der Waals surface area contributed by atoms with Crippen LogP contribution in [0.3, 0.4) is 0 Å². The van der Waals surface area contributed by atoms with Crippen molar-refractivity contribution >= 4 is 17.0 Å². The smallest absolute Gasteiger partial charge is 0.335 e. The van der Waals surface area contributed by atoms with Gasteiger partial charge in [0.15, 0.2) is 0 Å². The van der Waals surface area contributed by atoms with Crippen LogP contribution in [0.4, 0.5) is 0 Å². The van der Waals surface area contributed by atoms with Crippen molar-refractivity contribution in [2.45, 2.75) is 32.7 Å². The fourth-order valence-corrected chi connectivity index (χ4v) is 2.24. The van der Waals surface area contributed by atoms with E-state index in [-0.39, 0.29) is 11.0 Å². The molecule has 0 bridgehead atoms. The molecule has 1 aromatic heterocycles. The molecule has 5 nitrogen and oxygen atoms in total. The van der Waals surface area contributed by atoms with E-state index in [1.807, 2.05) is 6.07 Å². The van der Waals surface area contributed by atoms with Gasteiger partial charge in [0, 0.05) is 19.1 Å². The van der Waals surface area contributed by atoms with E-state index < -0.39 is 5.97 Å². The molecule has 0 unspecified atom stereocenters. The standard InChI is InChI=1S/C15H20N2O3/c1-15(2,3)14-16-11-9-10(13(18)19)5-6-12(11)17(14)7-8-20-4/h5-6,9H,7-8H2,1-4H3,(H,18,19). The third kappa shape index (κ3) is 2.67. The van der Waals surface area contributed by atoms with Crippen LogP contribution >= 0.6 is 0 Å². The topological polar surface area (TPSA) is 64.4 Å². The van der Waals surface area contributed by atoms with Crippen LogP contribution in [-0.2, 0) is 16.7 Å². The number of carbonyl (C=O) groups is 1. The summed E-state index contributed by atoms with van der Waals surface area (Å²) in [5.74, 6) is 0.00254. The van der Waals surface area contributed by atoms with E-state index in [2.05, 4.69) is 30.3 Å². The highest BCUT2D eigenvalue weighted by Gasteiger charge is 2.23. The van der Waals surface area contributed by atoms with Crippen LogP contribution in [0, 0.1) is 0 Å². The Balaban J connectivity index is 2.62. The molecule has 2 rings (SSSR count). The number of methoxy groups -OCH3 is 1. The molecule has 0 atom stereocenters. The molecule has 0 saturated heterocycles. The fraction of sp³-hybridized carbons (Fsp3) is 0.467. The van der Waals surface area contributed by atoms with Gasteiger partial charge in [-0.25, -0.2) is 9.78 Å². The van der Waals surface area contributed by atoms with Crippen molar-refractivity contribution in [2.75, 3.05) is 13.7 Å². The van der Waals surface area contributed by atoms with Gasteiger partial charge in [0.05, 0.1) is 23.2 Å². The fourth-order valence-electron chi connectivity index (χ4n) is 2.24. The molecule has 2 aromatic rings. The summed E-state index contributed by atoms with van der Waals surface area (Å²) in [5.41, 5.74) is 1.80. The van der Waals surface area contributed by atoms with E-state index in [0.717, 1.165) is 11.3 Å². The Morgan fingerprint density at radius 2 is 2.10 bits per heavy atom. The molecule has 0 aliphatic heterocycles. The molecule has 108 valence electrons. The lowest BCUT2D eigenvalue weighted by atomic mass is 9.95. The van der Waals surface area contributed by atoms with Crippen molar-refractivity contribution in [3.63, 3.8) is 0 Å². The maximum Gasteiger partial charge on any atom is 0.335 e. The monoisotopic (exact) mass is 276 g/mol. The summed E-state index contributed by atoms with van der Waals surface area (Å²) in [6, 6.07) is 5.05. The number of carboxylic acids is 1. The van der Waals surface area contributed by atoms with Crippen molar-refractivity contribution in [1.29, 1.82) is 0 Å². The highest BCUT2D eigenvalue weighted by atomic mass is 16.5. The minimum absolute atomic E-state index is 0.115. The summed E-state index contributed by atoms with van der Waals surface area (Å²) in [6.45, 7) is 7.57. The summed E-state index contributed by atoms with van der Waals surface area (Å²) in [4.78, 5) is 15.7. The number of rotatable bonds is 4. The van der Waals surface area contributed by atoms with Crippen LogP contribution in [0.25, 0.3) is 11.0 Å². The molecular formula is C15H20N2O3. The Kier molecular flexibility index (Phi) is 3.81. The van der Waals surface area contributed by atoms with Gasteiger partial charge in [-0.3, -0.25) is 0 Å². The van der Waals surface area contributed by atoms with Crippen molar-refractivity contribution in [1.82, 2.24) is 9.55 Å². The largest absolute Gasteiger partial charge is 0.478 e. The number of ether oxygens (including phenoxy) is 1. The average molecular weight is 276 g/mol. The van der Waals surface area contributed by atoms with E-state index >= 15 is 0 Å². The summed E-state index contributed by atoms with van der Waals surface area (Å²) < 4.78 is 7.25. The molecule has 0 radical (unpaired) electrons. The zero-order chi connectivity index (χ0) is 14.9. The molecule has 0 aliphatic carbocycles. The Labute approximate surface area is 118 Å². The van der Waals surface area contributed by atoms with Gasteiger partial charge in [-0.2, -0.15) is 0 Å². The summed E-state index contributed by atoms with van der Waals surface area (Å²) in [5, 5.41) is 9.07. The highest BCUT2D eigenvalue weighted by Crippen LogP contribution is 2.27. The zero-order valence-electron chi connectivity index (χ0n) is 12.3. The molecular weight excluding hydrogens is 256 g/mol. The van der Waals surface area contributed by atoms with Crippen molar-refractivity contribution in [2.24, 2.45) is 0 Å². The van der Waals surface area contributed by atoms with Gasteiger partial charge in [0.1, 0.15) is 5.82 Å². The van der Waals surface area contributed by atoms with E-state index in [9.17, 15) is 4.79 Å². The Hall–Kier alpha value is -1.88. The van der Waals surface area contributed by atoms with Crippen LogP contribution < -0.4 is 0 Å². The van der Waals surface area contributed by atoms with Crippen LogP contribution in [-0.4, -0.2) is 34.3 Å². The Morgan fingerprint density at radius 1 is 1.40 bits per heavy atom. The second-order valence-electron chi connectivity index (χ2n) is 5.84. The van der Waals surface area contributed by atoms with Gasteiger partial charge in [-0.05, 0) is 18.2 Å². The molecule has 20 heavy (non-hydrogen) atoms. The molecule has 0 aliphatic rings. The summed E-state index contributed by atoms with van der Waals surface area (Å²) in [7, 11) is 1.67. The molecule has 1 heterocycles. The van der Waals surface area contributed by atoms with Gasteiger partial charge in [0.2, 0.25) is 0 Å². The first-order valence-electron chi connectivity index (χ1n) is 6.57. The van der Waals surface area contributed by atoms with Crippen LogP contribution in [0.5, 0.6) is 0 Å². The van der Waals surface area contributed by atoms with Gasteiger partial charge in [0.25, 0.3) is 0 Å². The van der Waals surface area contributed by atoms with Crippen molar-refractivity contribution < 1.29 is 14.6 Å². The van der Waals surface area contributed by atoms with E-state index in [1.165, 1.54) is 0 Å². The first kappa shape index (κ1) is 14.5. The minimum Gasteiger partial charge on any atom is -0.478 e. The average Bonchev–Trinajstić information content (AvgIpc) is 2.73. The van der Waals surface area contributed by atoms with Gasteiger partial charge < -0.3 is 14.4 Å². The predicted octanol–water partition coefficient (Wildman–Crippen LogP) is 2.68.